The van der Waals surface area contributed by atoms with Crippen LogP contribution in [-0.2, 0) is 9.47 Å². The van der Waals surface area contributed by atoms with Crippen LogP contribution in [0.1, 0.15) is 27.2 Å². The lowest BCUT2D eigenvalue weighted by Gasteiger charge is -2.23. The molecule has 2 unspecified atom stereocenters. The summed E-state index contributed by atoms with van der Waals surface area (Å²) in [5, 5.41) is 9.89. The highest BCUT2D eigenvalue weighted by Crippen LogP contribution is 2.28. The summed E-state index contributed by atoms with van der Waals surface area (Å²) in [6.45, 7) is 10.3. The van der Waals surface area contributed by atoms with E-state index in [-0.39, 0.29) is 6.10 Å². The first-order valence-corrected chi connectivity index (χ1v) is 6.44. The Bertz CT molecular complexity index is 221. The molecule has 0 amide bonds. The second-order valence-electron chi connectivity index (χ2n) is 5.90. The predicted octanol–water partition coefficient (Wildman–Crippen LogP) is 1.13. The van der Waals surface area contributed by atoms with Crippen LogP contribution in [0.25, 0.3) is 0 Å². The molecule has 0 aliphatic carbocycles. The molecule has 1 aliphatic rings. The zero-order chi connectivity index (χ0) is 12.9. The maximum absolute atomic E-state index is 9.89. The van der Waals surface area contributed by atoms with Crippen LogP contribution >= 0.6 is 0 Å². The average molecular weight is 245 g/mol. The van der Waals surface area contributed by atoms with Gasteiger partial charge in [-0.25, -0.2) is 0 Å². The first-order chi connectivity index (χ1) is 7.93. The third-order valence-electron chi connectivity index (χ3n) is 3.20. The predicted molar refractivity (Wildman–Crippen MR) is 68.1 cm³/mol. The van der Waals surface area contributed by atoms with Crippen molar-refractivity contribution in [2.75, 3.05) is 40.0 Å². The van der Waals surface area contributed by atoms with E-state index in [1.807, 2.05) is 6.92 Å². The van der Waals surface area contributed by atoms with Gasteiger partial charge in [0.25, 0.3) is 0 Å². The molecular formula is C13H27NO3. The van der Waals surface area contributed by atoms with Gasteiger partial charge in [-0.2, -0.15) is 0 Å². The minimum atomic E-state index is -0.400. The Labute approximate surface area is 105 Å². The molecule has 0 spiro atoms. The highest BCUT2D eigenvalue weighted by Gasteiger charge is 2.29. The summed E-state index contributed by atoms with van der Waals surface area (Å²) in [5.41, 5.74) is 0.393. The van der Waals surface area contributed by atoms with Crippen LogP contribution in [0.5, 0.6) is 0 Å². The van der Waals surface area contributed by atoms with Gasteiger partial charge >= 0.3 is 0 Å². The number of rotatable bonds is 7. The zero-order valence-corrected chi connectivity index (χ0v) is 11.6. The molecule has 0 radical (unpaired) electrons. The van der Waals surface area contributed by atoms with Crippen molar-refractivity contribution in [3.63, 3.8) is 0 Å². The topological polar surface area (TPSA) is 41.9 Å². The molecule has 0 bridgehead atoms. The van der Waals surface area contributed by atoms with Gasteiger partial charge in [-0.15, -0.1) is 0 Å². The summed E-state index contributed by atoms with van der Waals surface area (Å²) >= 11 is 0. The van der Waals surface area contributed by atoms with Crippen molar-refractivity contribution in [3.05, 3.63) is 0 Å². The zero-order valence-electron chi connectivity index (χ0n) is 11.6. The molecule has 4 heteroatoms. The van der Waals surface area contributed by atoms with E-state index in [1.165, 1.54) is 6.42 Å². The lowest BCUT2D eigenvalue weighted by molar-refractivity contribution is -0.0386. The van der Waals surface area contributed by atoms with Gasteiger partial charge < -0.3 is 19.5 Å². The molecule has 1 fully saturated rings. The number of aliphatic hydroxyl groups excluding tert-OH is 1. The highest BCUT2D eigenvalue weighted by molar-refractivity contribution is 4.83. The van der Waals surface area contributed by atoms with Crippen molar-refractivity contribution in [2.45, 2.75) is 39.4 Å². The number of likely N-dealkylation sites (tertiary alicyclic amines) is 1. The minimum Gasteiger partial charge on any atom is -0.389 e. The molecule has 17 heavy (non-hydrogen) atoms. The molecule has 1 aliphatic heterocycles. The maximum Gasteiger partial charge on any atom is 0.0900 e. The summed E-state index contributed by atoms with van der Waals surface area (Å²) in [5.74, 6) is 0. The second kappa shape index (κ2) is 6.69. The second-order valence-corrected chi connectivity index (χ2v) is 5.90. The molecule has 102 valence electrons. The summed E-state index contributed by atoms with van der Waals surface area (Å²) in [6.07, 6.45) is 0.855. The minimum absolute atomic E-state index is 0.0460. The van der Waals surface area contributed by atoms with Crippen molar-refractivity contribution in [3.8, 4) is 0 Å². The lowest BCUT2D eigenvalue weighted by atomic mass is 9.93. The van der Waals surface area contributed by atoms with E-state index >= 15 is 0 Å². The molecule has 4 nitrogen and oxygen atoms in total. The van der Waals surface area contributed by atoms with Crippen molar-refractivity contribution < 1.29 is 14.6 Å². The molecule has 1 saturated heterocycles. The number of ether oxygens (including phenoxy) is 2. The SMILES string of the molecule is COCC(C)OCC(O)CN1CCC(C)(C)C1. The number of nitrogens with zero attached hydrogens (tertiary/aromatic N) is 1. The monoisotopic (exact) mass is 245 g/mol. The largest absolute Gasteiger partial charge is 0.389 e. The maximum atomic E-state index is 9.89. The molecule has 1 rings (SSSR count). The van der Waals surface area contributed by atoms with Gasteiger partial charge in [0.05, 0.1) is 25.4 Å². The van der Waals surface area contributed by atoms with Crippen molar-refractivity contribution in [1.82, 2.24) is 4.90 Å². The van der Waals surface area contributed by atoms with E-state index in [0.717, 1.165) is 13.1 Å². The van der Waals surface area contributed by atoms with E-state index in [0.29, 0.717) is 25.2 Å². The molecule has 2 atom stereocenters. The van der Waals surface area contributed by atoms with E-state index in [9.17, 15) is 5.11 Å². The number of aliphatic hydroxyl groups is 1. The molecule has 0 aromatic rings. The Hall–Kier alpha value is -0.160. The van der Waals surface area contributed by atoms with Gasteiger partial charge in [0, 0.05) is 20.2 Å². The van der Waals surface area contributed by atoms with Crippen LogP contribution in [-0.4, -0.2) is 62.2 Å². The van der Waals surface area contributed by atoms with Gasteiger partial charge in [-0.3, -0.25) is 0 Å². The van der Waals surface area contributed by atoms with E-state index in [4.69, 9.17) is 9.47 Å². The van der Waals surface area contributed by atoms with E-state index in [2.05, 4.69) is 18.7 Å². The average Bonchev–Trinajstić information content (AvgIpc) is 2.55. The van der Waals surface area contributed by atoms with Gasteiger partial charge in [0.15, 0.2) is 0 Å². The standard InChI is InChI=1S/C13H27NO3/c1-11(8-16-4)17-9-12(15)7-14-6-5-13(2,3)10-14/h11-12,15H,5-10H2,1-4H3. The van der Waals surface area contributed by atoms with E-state index < -0.39 is 6.10 Å². The first-order valence-electron chi connectivity index (χ1n) is 6.44. The Morgan fingerprint density at radius 3 is 2.59 bits per heavy atom. The number of hydrogen-bond donors (Lipinski definition) is 1. The molecule has 0 saturated carbocycles. The Morgan fingerprint density at radius 2 is 2.06 bits per heavy atom. The van der Waals surface area contributed by atoms with Crippen LogP contribution < -0.4 is 0 Å². The molecule has 1 heterocycles. The fourth-order valence-corrected chi connectivity index (χ4v) is 2.29. The van der Waals surface area contributed by atoms with Gasteiger partial charge in [-0.05, 0) is 25.3 Å². The quantitative estimate of drug-likeness (QED) is 0.730. The number of β-amino-alcohol motifs (C(OH)–C–C–N with tert-alkyl or cyclic N) is 1. The first kappa shape index (κ1) is 14.9. The Kier molecular flexibility index (Phi) is 5.86. The van der Waals surface area contributed by atoms with Gasteiger partial charge in [-0.1, -0.05) is 13.8 Å². The fourth-order valence-electron chi connectivity index (χ4n) is 2.29. The number of hydrogen-bond acceptors (Lipinski definition) is 4. The fraction of sp³-hybridized carbons (Fsp3) is 1.00. The summed E-state index contributed by atoms with van der Waals surface area (Å²) in [6, 6.07) is 0. The van der Waals surface area contributed by atoms with E-state index in [1.54, 1.807) is 7.11 Å². The van der Waals surface area contributed by atoms with Crippen molar-refractivity contribution >= 4 is 0 Å². The molecular weight excluding hydrogens is 218 g/mol. The molecule has 1 N–H and O–H groups in total. The van der Waals surface area contributed by atoms with Gasteiger partial charge in [0.2, 0.25) is 0 Å². The van der Waals surface area contributed by atoms with Gasteiger partial charge in [0.1, 0.15) is 0 Å². The summed E-state index contributed by atoms with van der Waals surface area (Å²) in [7, 11) is 1.66. The summed E-state index contributed by atoms with van der Waals surface area (Å²) in [4.78, 5) is 2.31. The number of methoxy groups -OCH3 is 1. The molecule has 0 aromatic heterocycles. The van der Waals surface area contributed by atoms with Crippen LogP contribution in [0, 0.1) is 5.41 Å². The van der Waals surface area contributed by atoms with Crippen LogP contribution in [0.15, 0.2) is 0 Å². The normalized spacial score (nSPS) is 23.8. The highest BCUT2D eigenvalue weighted by atomic mass is 16.5. The van der Waals surface area contributed by atoms with Crippen LogP contribution in [0.2, 0.25) is 0 Å². The van der Waals surface area contributed by atoms with Crippen molar-refractivity contribution in [2.24, 2.45) is 5.41 Å². The lowest BCUT2D eigenvalue weighted by Crippen LogP contribution is -2.35. The Morgan fingerprint density at radius 1 is 1.35 bits per heavy atom. The third kappa shape index (κ3) is 5.82. The summed E-state index contributed by atoms with van der Waals surface area (Å²) < 4.78 is 10.5. The van der Waals surface area contributed by atoms with Crippen molar-refractivity contribution in [1.29, 1.82) is 0 Å². The Balaban J connectivity index is 2.15. The van der Waals surface area contributed by atoms with Crippen LogP contribution in [0.3, 0.4) is 0 Å². The smallest absolute Gasteiger partial charge is 0.0900 e. The third-order valence-corrected chi connectivity index (χ3v) is 3.20. The van der Waals surface area contributed by atoms with Crippen LogP contribution in [0.4, 0.5) is 0 Å². The molecule has 0 aromatic carbocycles.